The van der Waals surface area contributed by atoms with Gasteiger partial charge in [0.25, 0.3) is 0 Å². The molecule has 1 aliphatic heterocycles. The maximum atomic E-state index is 11.4. The molecule has 0 aliphatic carbocycles. The number of hydrogen-bond donors (Lipinski definition) is 1. The molecule has 5 nitrogen and oxygen atoms in total. The zero-order valence-electron chi connectivity index (χ0n) is 11.6. The van der Waals surface area contributed by atoms with Crippen molar-refractivity contribution in [3.05, 3.63) is 28.5 Å². The quantitative estimate of drug-likeness (QED) is 0.914. The fourth-order valence-corrected chi connectivity index (χ4v) is 2.62. The van der Waals surface area contributed by atoms with E-state index in [-0.39, 0.29) is 12.1 Å². The van der Waals surface area contributed by atoms with Crippen LogP contribution in [0.25, 0.3) is 0 Å². The summed E-state index contributed by atoms with van der Waals surface area (Å²) in [6.07, 6.45) is 3.57. The van der Waals surface area contributed by atoms with Crippen LogP contribution in [0, 0.1) is 0 Å². The van der Waals surface area contributed by atoms with Gasteiger partial charge in [0.15, 0.2) is 0 Å². The maximum Gasteiger partial charge on any atom is 0.407 e. The molecule has 0 aromatic carbocycles. The predicted molar refractivity (Wildman–Crippen MR) is 80.4 cm³/mol. The highest BCUT2D eigenvalue weighted by Crippen LogP contribution is 2.14. The highest BCUT2D eigenvalue weighted by Gasteiger charge is 2.22. The molecule has 20 heavy (non-hydrogen) atoms. The van der Waals surface area contributed by atoms with Crippen molar-refractivity contribution in [3.63, 3.8) is 0 Å². The van der Waals surface area contributed by atoms with Gasteiger partial charge in [-0.25, -0.2) is 4.79 Å². The Hall–Kier alpha value is -1.14. The Morgan fingerprint density at radius 3 is 3.15 bits per heavy atom. The first kappa shape index (κ1) is 15.3. The number of aromatic nitrogens is 1. The number of amides is 1. The van der Waals surface area contributed by atoms with E-state index in [0.29, 0.717) is 6.61 Å². The lowest BCUT2D eigenvalue weighted by Crippen LogP contribution is -2.47. The van der Waals surface area contributed by atoms with E-state index >= 15 is 0 Å². The number of ether oxygens (including phenoxy) is 1. The van der Waals surface area contributed by atoms with Gasteiger partial charge in [-0.05, 0) is 54.4 Å². The molecule has 110 valence electrons. The highest BCUT2D eigenvalue weighted by atomic mass is 79.9. The summed E-state index contributed by atoms with van der Waals surface area (Å²) < 4.78 is 5.91. The number of piperidine rings is 1. The predicted octanol–water partition coefficient (Wildman–Crippen LogP) is 2.55. The van der Waals surface area contributed by atoms with E-state index in [1.807, 2.05) is 25.3 Å². The third kappa shape index (κ3) is 4.76. The van der Waals surface area contributed by atoms with E-state index in [2.05, 4.69) is 31.1 Å². The van der Waals surface area contributed by atoms with Crippen LogP contribution in [0.3, 0.4) is 0 Å². The number of carbonyl (C=O) groups excluding carboxylic acids is 1. The molecular formula is C14H20BrN3O2. The summed E-state index contributed by atoms with van der Waals surface area (Å²) >= 11 is 3.38. The van der Waals surface area contributed by atoms with Crippen LogP contribution in [0.5, 0.6) is 0 Å². The van der Waals surface area contributed by atoms with Gasteiger partial charge >= 0.3 is 6.09 Å². The fourth-order valence-electron chi connectivity index (χ4n) is 2.39. The van der Waals surface area contributed by atoms with Crippen LogP contribution in [0.1, 0.15) is 25.5 Å². The van der Waals surface area contributed by atoms with E-state index in [1.54, 1.807) is 0 Å². The van der Waals surface area contributed by atoms with Gasteiger partial charge in [0.1, 0.15) is 0 Å². The lowest BCUT2D eigenvalue weighted by molar-refractivity contribution is 0.132. The summed E-state index contributed by atoms with van der Waals surface area (Å²) in [5, 5.41) is 2.91. The fraction of sp³-hybridized carbons (Fsp3) is 0.571. The standard InChI is InChI=1S/C14H20BrN3O2/c1-2-20-14(19)17-13-4-3-7-18(10-13)9-12-6-5-11(15)8-16-12/h5-6,8,13H,2-4,7,9-10H2,1H3,(H,17,19)/t13-/m1/s1. The molecule has 0 spiro atoms. The highest BCUT2D eigenvalue weighted by molar-refractivity contribution is 9.10. The van der Waals surface area contributed by atoms with Crippen molar-refractivity contribution in [2.75, 3.05) is 19.7 Å². The number of nitrogens with one attached hydrogen (secondary N) is 1. The topological polar surface area (TPSA) is 54.5 Å². The van der Waals surface area contributed by atoms with Gasteiger partial charge in [0.05, 0.1) is 12.3 Å². The summed E-state index contributed by atoms with van der Waals surface area (Å²) in [4.78, 5) is 18.1. The van der Waals surface area contributed by atoms with Crippen LogP contribution < -0.4 is 5.32 Å². The first-order valence-electron chi connectivity index (χ1n) is 6.93. The Morgan fingerprint density at radius 2 is 2.45 bits per heavy atom. The number of rotatable bonds is 4. The molecule has 0 unspecified atom stereocenters. The summed E-state index contributed by atoms with van der Waals surface area (Å²) in [5.74, 6) is 0. The van der Waals surface area contributed by atoms with Crippen molar-refractivity contribution >= 4 is 22.0 Å². The largest absolute Gasteiger partial charge is 0.450 e. The van der Waals surface area contributed by atoms with Crippen LogP contribution in [0.2, 0.25) is 0 Å². The minimum atomic E-state index is -0.318. The summed E-state index contributed by atoms with van der Waals surface area (Å²) in [7, 11) is 0. The molecule has 1 fully saturated rings. The van der Waals surface area contributed by atoms with Gasteiger partial charge in [-0.1, -0.05) is 0 Å². The average Bonchev–Trinajstić information content (AvgIpc) is 2.42. The van der Waals surface area contributed by atoms with Gasteiger partial charge in [-0.2, -0.15) is 0 Å². The van der Waals surface area contributed by atoms with Crippen LogP contribution in [-0.2, 0) is 11.3 Å². The Bertz CT molecular complexity index is 439. The Kier molecular flexibility index (Phi) is 5.79. The minimum Gasteiger partial charge on any atom is -0.450 e. The maximum absolute atomic E-state index is 11.4. The molecule has 1 aliphatic rings. The Labute approximate surface area is 127 Å². The molecule has 1 saturated heterocycles. The Morgan fingerprint density at radius 1 is 1.60 bits per heavy atom. The monoisotopic (exact) mass is 341 g/mol. The number of alkyl carbamates (subject to hydrolysis) is 1. The van der Waals surface area contributed by atoms with E-state index in [1.165, 1.54) is 0 Å². The first-order chi connectivity index (χ1) is 9.67. The molecule has 0 bridgehead atoms. The summed E-state index contributed by atoms with van der Waals surface area (Å²) in [6, 6.07) is 4.19. The van der Waals surface area contributed by atoms with Gasteiger partial charge < -0.3 is 10.1 Å². The molecule has 1 amide bonds. The zero-order chi connectivity index (χ0) is 14.4. The molecule has 6 heteroatoms. The number of hydrogen-bond acceptors (Lipinski definition) is 4. The molecule has 1 N–H and O–H groups in total. The van der Waals surface area contributed by atoms with E-state index < -0.39 is 0 Å². The molecule has 1 aromatic rings. The van der Waals surface area contributed by atoms with Crippen molar-refractivity contribution < 1.29 is 9.53 Å². The molecule has 2 heterocycles. The number of pyridine rings is 1. The Balaban J connectivity index is 1.83. The summed E-state index contributed by atoms with van der Waals surface area (Å²) in [5.41, 5.74) is 1.05. The lowest BCUT2D eigenvalue weighted by atomic mass is 10.1. The number of halogens is 1. The van der Waals surface area contributed by atoms with Crippen LogP contribution in [0.4, 0.5) is 4.79 Å². The average molecular weight is 342 g/mol. The second kappa shape index (κ2) is 7.59. The van der Waals surface area contributed by atoms with Crippen LogP contribution in [0.15, 0.2) is 22.8 Å². The van der Waals surface area contributed by atoms with Crippen LogP contribution in [-0.4, -0.2) is 41.7 Å². The molecule has 2 rings (SSSR count). The smallest absolute Gasteiger partial charge is 0.407 e. The van der Waals surface area contributed by atoms with Gasteiger partial charge in [0.2, 0.25) is 0 Å². The third-order valence-corrected chi connectivity index (χ3v) is 3.75. The van der Waals surface area contributed by atoms with Crippen molar-refractivity contribution in [1.82, 2.24) is 15.2 Å². The second-order valence-corrected chi connectivity index (χ2v) is 5.82. The van der Waals surface area contributed by atoms with E-state index in [9.17, 15) is 4.79 Å². The first-order valence-corrected chi connectivity index (χ1v) is 7.72. The van der Waals surface area contributed by atoms with E-state index in [4.69, 9.17) is 4.74 Å². The lowest BCUT2D eigenvalue weighted by Gasteiger charge is -2.32. The summed E-state index contributed by atoms with van der Waals surface area (Å²) in [6.45, 7) is 4.92. The van der Waals surface area contributed by atoms with Gasteiger partial charge in [-0.3, -0.25) is 9.88 Å². The zero-order valence-corrected chi connectivity index (χ0v) is 13.2. The van der Waals surface area contributed by atoms with Crippen LogP contribution >= 0.6 is 15.9 Å². The van der Waals surface area contributed by atoms with Crippen molar-refractivity contribution in [2.24, 2.45) is 0 Å². The number of nitrogens with zero attached hydrogens (tertiary/aromatic N) is 2. The normalized spacial score (nSPS) is 19.6. The SMILES string of the molecule is CCOC(=O)N[C@@H]1CCCN(Cc2ccc(Br)cn2)C1. The molecule has 0 radical (unpaired) electrons. The van der Waals surface area contributed by atoms with E-state index in [0.717, 1.165) is 42.6 Å². The molecular weight excluding hydrogens is 322 g/mol. The molecule has 0 saturated carbocycles. The number of carbonyl (C=O) groups is 1. The molecule has 1 aromatic heterocycles. The van der Waals surface area contributed by atoms with Gasteiger partial charge in [-0.15, -0.1) is 0 Å². The second-order valence-electron chi connectivity index (χ2n) is 4.91. The molecule has 1 atom stereocenters. The third-order valence-electron chi connectivity index (χ3n) is 3.28. The minimum absolute atomic E-state index is 0.165. The van der Waals surface area contributed by atoms with Crippen molar-refractivity contribution in [1.29, 1.82) is 0 Å². The van der Waals surface area contributed by atoms with Gasteiger partial charge in [0, 0.05) is 29.8 Å². The van der Waals surface area contributed by atoms with Crippen molar-refractivity contribution in [2.45, 2.75) is 32.4 Å². The van der Waals surface area contributed by atoms with Crippen molar-refractivity contribution in [3.8, 4) is 0 Å². The number of likely N-dealkylation sites (tertiary alicyclic amines) is 1.